The summed E-state index contributed by atoms with van der Waals surface area (Å²) < 4.78 is 25.5. The van der Waals surface area contributed by atoms with Crippen LogP contribution in [0.1, 0.15) is 18.4 Å². The van der Waals surface area contributed by atoms with Gasteiger partial charge in [0.15, 0.2) is 5.03 Å². The molecule has 6 heteroatoms. The molecule has 0 unspecified atom stereocenters. The van der Waals surface area contributed by atoms with Crippen LogP contribution in [0.5, 0.6) is 0 Å². The van der Waals surface area contributed by atoms with Gasteiger partial charge in [0.2, 0.25) is 0 Å². The topological polar surface area (TPSA) is 70.5 Å². The first kappa shape index (κ1) is 11.5. The summed E-state index contributed by atoms with van der Waals surface area (Å²) in [4.78, 5) is 3.88. The molecular formula is C10H14N2O3S. The highest BCUT2D eigenvalue weighted by atomic mass is 32.2. The van der Waals surface area contributed by atoms with Crippen molar-refractivity contribution in [2.45, 2.75) is 24.5 Å². The van der Waals surface area contributed by atoms with E-state index in [4.69, 9.17) is 5.11 Å². The van der Waals surface area contributed by atoms with E-state index in [-0.39, 0.29) is 11.6 Å². The third-order valence-corrected chi connectivity index (χ3v) is 4.46. The Labute approximate surface area is 94.8 Å². The number of hydrogen-bond donors (Lipinski definition) is 1. The minimum atomic E-state index is -3.42. The molecule has 1 aromatic rings. The minimum Gasteiger partial charge on any atom is -0.392 e. The standard InChI is InChI=1S/C10H14N2O3S/c13-8-9-3-4-10(11-7-9)16(14,15)12-5-1-2-6-12/h3-4,7,13H,1-2,5-6,8H2. The molecule has 1 N–H and O–H groups in total. The van der Waals surface area contributed by atoms with Gasteiger partial charge in [-0.1, -0.05) is 6.07 Å². The third kappa shape index (κ3) is 2.09. The highest BCUT2D eigenvalue weighted by Gasteiger charge is 2.27. The highest BCUT2D eigenvalue weighted by Crippen LogP contribution is 2.19. The van der Waals surface area contributed by atoms with Gasteiger partial charge in [-0.25, -0.2) is 13.4 Å². The summed E-state index contributed by atoms with van der Waals surface area (Å²) >= 11 is 0. The molecule has 0 radical (unpaired) electrons. The van der Waals surface area contributed by atoms with Crippen molar-refractivity contribution in [1.82, 2.24) is 9.29 Å². The molecule has 1 aliphatic rings. The number of hydrogen-bond acceptors (Lipinski definition) is 4. The average molecular weight is 242 g/mol. The second kappa shape index (κ2) is 4.48. The first-order valence-electron chi connectivity index (χ1n) is 5.20. The fourth-order valence-corrected chi connectivity index (χ4v) is 3.15. The Kier molecular flexibility index (Phi) is 3.22. The van der Waals surface area contributed by atoms with Gasteiger partial charge in [0, 0.05) is 19.3 Å². The molecule has 16 heavy (non-hydrogen) atoms. The van der Waals surface area contributed by atoms with Crippen molar-refractivity contribution in [2.75, 3.05) is 13.1 Å². The van der Waals surface area contributed by atoms with Crippen LogP contribution in [-0.4, -0.2) is 35.9 Å². The first-order valence-corrected chi connectivity index (χ1v) is 6.64. The molecule has 2 heterocycles. The van der Waals surface area contributed by atoms with E-state index in [9.17, 15) is 8.42 Å². The van der Waals surface area contributed by atoms with Crippen LogP contribution in [0.15, 0.2) is 23.4 Å². The van der Waals surface area contributed by atoms with E-state index < -0.39 is 10.0 Å². The number of sulfonamides is 1. The molecule has 0 amide bonds. The Hall–Kier alpha value is -0.980. The SMILES string of the molecule is O=S(=O)(c1ccc(CO)cn1)N1CCCC1. The molecule has 1 aromatic heterocycles. The van der Waals surface area contributed by atoms with Crippen molar-refractivity contribution in [3.63, 3.8) is 0 Å². The smallest absolute Gasteiger partial charge is 0.260 e. The zero-order chi connectivity index (χ0) is 11.6. The Balaban J connectivity index is 2.28. The average Bonchev–Trinajstić information content (AvgIpc) is 2.83. The number of aromatic nitrogens is 1. The minimum absolute atomic E-state index is 0.0617. The van der Waals surface area contributed by atoms with E-state index in [0.717, 1.165) is 12.8 Å². The zero-order valence-electron chi connectivity index (χ0n) is 8.83. The molecule has 0 atom stereocenters. The quantitative estimate of drug-likeness (QED) is 0.830. The van der Waals surface area contributed by atoms with Crippen LogP contribution >= 0.6 is 0 Å². The van der Waals surface area contributed by atoms with E-state index in [2.05, 4.69) is 4.98 Å². The molecule has 2 rings (SSSR count). The Morgan fingerprint density at radius 1 is 1.31 bits per heavy atom. The van der Waals surface area contributed by atoms with Crippen LogP contribution in [0.3, 0.4) is 0 Å². The number of nitrogens with zero attached hydrogens (tertiary/aromatic N) is 2. The van der Waals surface area contributed by atoms with Gasteiger partial charge < -0.3 is 5.11 Å². The van der Waals surface area contributed by atoms with Crippen molar-refractivity contribution < 1.29 is 13.5 Å². The van der Waals surface area contributed by atoms with Gasteiger partial charge in [-0.15, -0.1) is 0 Å². The normalized spacial score (nSPS) is 17.8. The van der Waals surface area contributed by atoms with Crippen LogP contribution in [0.25, 0.3) is 0 Å². The van der Waals surface area contributed by atoms with E-state index >= 15 is 0 Å². The Morgan fingerprint density at radius 2 is 2.00 bits per heavy atom. The Bertz CT molecular complexity index is 449. The summed E-state index contributed by atoms with van der Waals surface area (Å²) in [6.07, 6.45) is 3.21. The third-order valence-electron chi connectivity index (χ3n) is 2.65. The lowest BCUT2D eigenvalue weighted by Crippen LogP contribution is -2.28. The second-order valence-electron chi connectivity index (χ2n) is 3.77. The van der Waals surface area contributed by atoms with Crippen LogP contribution < -0.4 is 0 Å². The van der Waals surface area contributed by atoms with E-state index in [1.165, 1.54) is 16.6 Å². The molecule has 1 aliphatic heterocycles. The van der Waals surface area contributed by atoms with Gasteiger partial charge in [-0.3, -0.25) is 0 Å². The molecule has 88 valence electrons. The van der Waals surface area contributed by atoms with Crippen molar-refractivity contribution in [1.29, 1.82) is 0 Å². The Morgan fingerprint density at radius 3 is 2.50 bits per heavy atom. The van der Waals surface area contributed by atoms with E-state index in [0.29, 0.717) is 18.7 Å². The van der Waals surface area contributed by atoms with Gasteiger partial charge in [0.05, 0.1) is 6.61 Å². The van der Waals surface area contributed by atoms with Crippen LogP contribution in [0, 0.1) is 0 Å². The summed E-state index contributed by atoms with van der Waals surface area (Å²) in [5.41, 5.74) is 0.611. The predicted molar refractivity (Wildman–Crippen MR) is 58.2 cm³/mol. The van der Waals surface area contributed by atoms with Gasteiger partial charge in [0.1, 0.15) is 0 Å². The number of pyridine rings is 1. The molecule has 0 bridgehead atoms. The van der Waals surface area contributed by atoms with Crippen LogP contribution in [0.2, 0.25) is 0 Å². The fourth-order valence-electron chi connectivity index (χ4n) is 1.72. The molecule has 0 saturated carbocycles. The molecule has 5 nitrogen and oxygen atoms in total. The maximum absolute atomic E-state index is 12.0. The van der Waals surface area contributed by atoms with Gasteiger partial charge in [0.25, 0.3) is 10.0 Å². The lowest BCUT2D eigenvalue weighted by molar-refractivity contribution is 0.281. The highest BCUT2D eigenvalue weighted by molar-refractivity contribution is 7.89. The van der Waals surface area contributed by atoms with Gasteiger partial charge in [-0.05, 0) is 24.5 Å². The fraction of sp³-hybridized carbons (Fsp3) is 0.500. The number of aliphatic hydroxyl groups is 1. The van der Waals surface area contributed by atoms with Gasteiger partial charge in [-0.2, -0.15) is 4.31 Å². The summed E-state index contributed by atoms with van der Waals surface area (Å²) in [7, 11) is -3.42. The molecule has 1 fully saturated rings. The van der Waals surface area contributed by atoms with Crippen molar-refractivity contribution in [3.05, 3.63) is 23.9 Å². The largest absolute Gasteiger partial charge is 0.392 e. The van der Waals surface area contributed by atoms with Gasteiger partial charge >= 0.3 is 0 Å². The molecule has 0 spiro atoms. The number of rotatable bonds is 3. The van der Waals surface area contributed by atoms with Crippen LogP contribution in [-0.2, 0) is 16.6 Å². The molecule has 0 aromatic carbocycles. The molecule has 1 saturated heterocycles. The maximum atomic E-state index is 12.0. The van der Waals surface area contributed by atoms with Crippen molar-refractivity contribution in [3.8, 4) is 0 Å². The van der Waals surface area contributed by atoms with Crippen molar-refractivity contribution in [2.24, 2.45) is 0 Å². The lowest BCUT2D eigenvalue weighted by Gasteiger charge is -2.14. The monoisotopic (exact) mass is 242 g/mol. The molecule has 0 aliphatic carbocycles. The summed E-state index contributed by atoms with van der Waals surface area (Å²) in [6, 6.07) is 3.02. The van der Waals surface area contributed by atoms with E-state index in [1.807, 2.05) is 0 Å². The molecular weight excluding hydrogens is 228 g/mol. The van der Waals surface area contributed by atoms with Crippen LogP contribution in [0.4, 0.5) is 0 Å². The number of aliphatic hydroxyl groups excluding tert-OH is 1. The van der Waals surface area contributed by atoms with E-state index in [1.54, 1.807) is 6.07 Å². The van der Waals surface area contributed by atoms with Crippen molar-refractivity contribution >= 4 is 10.0 Å². The first-order chi connectivity index (χ1) is 7.64. The maximum Gasteiger partial charge on any atom is 0.260 e. The summed E-state index contributed by atoms with van der Waals surface area (Å²) in [5.74, 6) is 0. The second-order valence-corrected chi connectivity index (χ2v) is 5.66. The summed E-state index contributed by atoms with van der Waals surface area (Å²) in [5, 5.41) is 8.90. The summed E-state index contributed by atoms with van der Waals surface area (Å²) in [6.45, 7) is 1.02. The zero-order valence-corrected chi connectivity index (χ0v) is 9.65. The lowest BCUT2D eigenvalue weighted by atomic mass is 10.3. The predicted octanol–water partition coefficient (Wildman–Crippen LogP) is 0.358.